The Morgan fingerprint density at radius 3 is 2.54 bits per heavy atom. The number of non-ortho nitro benzene ring substituents is 1. The number of nitro groups is 1. The van der Waals surface area contributed by atoms with Crippen LogP contribution in [-0.4, -0.2) is 26.1 Å². The van der Waals surface area contributed by atoms with Crippen LogP contribution < -0.4 is 0 Å². The second kappa shape index (κ2) is 7.01. The number of amides is 2. The van der Waals surface area contributed by atoms with Crippen LogP contribution in [0.5, 0.6) is 5.75 Å². The largest absolute Gasteiger partial charge is 0.507 e. The molecule has 1 saturated heterocycles. The van der Waals surface area contributed by atoms with E-state index in [9.17, 15) is 24.8 Å². The normalized spacial score (nSPS) is 15.7. The van der Waals surface area contributed by atoms with Gasteiger partial charge in [-0.2, -0.15) is 0 Å². The smallest absolute Gasteiger partial charge is 0.293 e. The van der Waals surface area contributed by atoms with E-state index in [1.807, 2.05) is 31.2 Å². The number of phenolic OH excluding ortho intramolecular Hbond substituents is 1. The maximum Gasteiger partial charge on any atom is 0.293 e. The molecule has 1 N–H and O–H groups in total. The molecule has 0 saturated carbocycles. The van der Waals surface area contributed by atoms with Gasteiger partial charge in [-0.1, -0.05) is 29.8 Å². The number of hydrogen-bond donors (Lipinski definition) is 1. The van der Waals surface area contributed by atoms with Crippen LogP contribution in [0.25, 0.3) is 6.08 Å². The first-order valence-electron chi connectivity index (χ1n) is 7.63. The van der Waals surface area contributed by atoms with E-state index in [1.165, 1.54) is 12.1 Å². The SMILES string of the molecule is Cc1ccc(CN2C(=O)S/C(=C\c3cc([N+](=O)[O-])ccc3O)C2=O)cc1. The van der Waals surface area contributed by atoms with Gasteiger partial charge in [0.1, 0.15) is 5.75 Å². The fourth-order valence-corrected chi connectivity index (χ4v) is 3.25. The fraction of sp³-hybridized carbons (Fsp3) is 0.111. The highest BCUT2D eigenvalue weighted by atomic mass is 32.2. The van der Waals surface area contributed by atoms with E-state index in [0.717, 1.165) is 39.9 Å². The molecule has 2 aromatic rings. The summed E-state index contributed by atoms with van der Waals surface area (Å²) in [4.78, 5) is 36.2. The molecule has 0 unspecified atom stereocenters. The number of hydrogen-bond acceptors (Lipinski definition) is 6. The van der Waals surface area contributed by atoms with Crippen molar-refractivity contribution in [3.8, 4) is 5.75 Å². The minimum atomic E-state index is -0.597. The van der Waals surface area contributed by atoms with Gasteiger partial charge in [-0.05, 0) is 36.4 Å². The number of aromatic hydroxyl groups is 1. The van der Waals surface area contributed by atoms with Gasteiger partial charge in [-0.3, -0.25) is 24.6 Å². The molecule has 1 fully saturated rings. The lowest BCUT2D eigenvalue weighted by Gasteiger charge is -2.12. The number of phenols is 1. The lowest BCUT2D eigenvalue weighted by atomic mass is 10.1. The van der Waals surface area contributed by atoms with Crippen molar-refractivity contribution in [2.24, 2.45) is 0 Å². The Bertz CT molecular complexity index is 937. The molecule has 0 radical (unpaired) electrons. The quantitative estimate of drug-likeness (QED) is 0.498. The zero-order valence-corrected chi connectivity index (χ0v) is 14.5. The fourth-order valence-electron chi connectivity index (χ4n) is 2.42. The molecule has 132 valence electrons. The molecule has 1 aliphatic rings. The number of benzene rings is 2. The first kappa shape index (κ1) is 17.7. The Labute approximate surface area is 153 Å². The van der Waals surface area contributed by atoms with Gasteiger partial charge in [-0.25, -0.2) is 0 Å². The number of thioether (sulfide) groups is 1. The lowest BCUT2D eigenvalue weighted by Crippen LogP contribution is -2.27. The van der Waals surface area contributed by atoms with E-state index < -0.39 is 16.1 Å². The molecule has 2 amide bonds. The minimum Gasteiger partial charge on any atom is -0.507 e. The highest BCUT2D eigenvalue weighted by Gasteiger charge is 2.35. The third kappa shape index (κ3) is 3.60. The van der Waals surface area contributed by atoms with Crippen molar-refractivity contribution in [1.82, 2.24) is 4.90 Å². The summed E-state index contributed by atoms with van der Waals surface area (Å²) in [6, 6.07) is 11.0. The van der Waals surface area contributed by atoms with E-state index >= 15 is 0 Å². The lowest BCUT2D eigenvalue weighted by molar-refractivity contribution is -0.384. The summed E-state index contributed by atoms with van der Waals surface area (Å²) in [7, 11) is 0. The molecule has 1 aliphatic heterocycles. The van der Waals surface area contributed by atoms with Gasteiger partial charge in [0.25, 0.3) is 16.8 Å². The average Bonchev–Trinajstić information content (AvgIpc) is 2.86. The number of carbonyl (C=O) groups excluding carboxylic acids is 2. The Kier molecular flexibility index (Phi) is 4.77. The summed E-state index contributed by atoms with van der Waals surface area (Å²) in [5, 5.41) is 20.3. The number of nitro benzene ring substituents is 1. The molecule has 0 aliphatic carbocycles. The van der Waals surface area contributed by atoms with Crippen molar-refractivity contribution < 1.29 is 19.6 Å². The molecule has 3 rings (SSSR count). The summed E-state index contributed by atoms with van der Waals surface area (Å²) in [6.07, 6.45) is 1.29. The van der Waals surface area contributed by atoms with E-state index in [-0.39, 0.29) is 28.5 Å². The second-order valence-electron chi connectivity index (χ2n) is 5.75. The van der Waals surface area contributed by atoms with Crippen LogP contribution in [0.3, 0.4) is 0 Å². The van der Waals surface area contributed by atoms with Crippen LogP contribution in [0, 0.1) is 17.0 Å². The van der Waals surface area contributed by atoms with Crippen molar-refractivity contribution in [2.75, 3.05) is 0 Å². The monoisotopic (exact) mass is 370 g/mol. The highest BCUT2D eigenvalue weighted by molar-refractivity contribution is 8.18. The maximum atomic E-state index is 12.5. The molecule has 0 spiro atoms. The molecule has 0 bridgehead atoms. The Hall–Kier alpha value is -3.13. The number of carbonyl (C=O) groups is 2. The molecule has 8 heteroatoms. The van der Waals surface area contributed by atoms with Crippen molar-refractivity contribution in [3.63, 3.8) is 0 Å². The minimum absolute atomic E-state index is 0.109. The predicted molar refractivity (Wildman–Crippen MR) is 97.5 cm³/mol. The molecule has 2 aromatic carbocycles. The number of imide groups is 1. The van der Waals surface area contributed by atoms with Crippen LogP contribution in [-0.2, 0) is 11.3 Å². The third-order valence-electron chi connectivity index (χ3n) is 3.84. The van der Waals surface area contributed by atoms with Gasteiger partial charge in [-0.15, -0.1) is 0 Å². The van der Waals surface area contributed by atoms with Crippen LogP contribution in [0.1, 0.15) is 16.7 Å². The van der Waals surface area contributed by atoms with Crippen LogP contribution >= 0.6 is 11.8 Å². The second-order valence-corrected chi connectivity index (χ2v) is 6.75. The third-order valence-corrected chi connectivity index (χ3v) is 4.75. The Morgan fingerprint density at radius 2 is 1.88 bits per heavy atom. The van der Waals surface area contributed by atoms with E-state index in [4.69, 9.17) is 0 Å². The molecule has 0 aromatic heterocycles. The van der Waals surface area contributed by atoms with Crippen LogP contribution in [0.4, 0.5) is 10.5 Å². The first-order valence-corrected chi connectivity index (χ1v) is 8.45. The summed E-state index contributed by atoms with van der Waals surface area (Å²) < 4.78 is 0. The van der Waals surface area contributed by atoms with Crippen molar-refractivity contribution in [2.45, 2.75) is 13.5 Å². The summed E-state index contributed by atoms with van der Waals surface area (Å²) >= 11 is 0.740. The van der Waals surface area contributed by atoms with Gasteiger partial charge < -0.3 is 5.11 Å². The van der Waals surface area contributed by atoms with Gasteiger partial charge in [0.05, 0.1) is 16.4 Å². The van der Waals surface area contributed by atoms with Crippen LogP contribution in [0.15, 0.2) is 47.4 Å². The Morgan fingerprint density at radius 1 is 1.19 bits per heavy atom. The first-order chi connectivity index (χ1) is 12.3. The van der Waals surface area contributed by atoms with E-state index in [2.05, 4.69) is 0 Å². The highest BCUT2D eigenvalue weighted by Crippen LogP contribution is 2.35. The zero-order chi connectivity index (χ0) is 18.8. The average molecular weight is 370 g/mol. The molecular formula is C18H14N2O5S. The summed E-state index contributed by atoms with van der Waals surface area (Å²) in [5.74, 6) is -0.701. The number of rotatable bonds is 4. The number of nitrogens with zero attached hydrogens (tertiary/aromatic N) is 2. The molecule has 1 heterocycles. The summed E-state index contributed by atoms with van der Waals surface area (Å²) in [5.41, 5.74) is 1.79. The van der Waals surface area contributed by atoms with Crippen molar-refractivity contribution >= 4 is 34.7 Å². The number of aryl methyl sites for hydroxylation is 1. The molecule has 7 nitrogen and oxygen atoms in total. The maximum absolute atomic E-state index is 12.5. The standard InChI is InChI=1S/C18H14N2O5S/c1-11-2-4-12(5-3-11)10-19-17(22)16(26-18(19)23)9-13-8-14(20(24)25)6-7-15(13)21/h2-9,21H,10H2,1H3/b16-9-. The predicted octanol–water partition coefficient (Wildman–Crippen LogP) is 3.85. The van der Waals surface area contributed by atoms with Crippen molar-refractivity contribution in [1.29, 1.82) is 0 Å². The van der Waals surface area contributed by atoms with Gasteiger partial charge >= 0.3 is 0 Å². The molecule has 0 atom stereocenters. The van der Waals surface area contributed by atoms with Gasteiger partial charge in [0, 0.05) is 17.7 Å². The topological polar surface area (TPSA) is 101 Å². The van der Waals surface area contributed by atoms with Gasteiger partial charge in [0.2, 0.25) is 0 Å². The van der Waals surface area contributed by atoms with E-state index in [1.54, 1.807) is 0 Å². The zero-order valence-electron chi connectivity index (χ0n) is 13.7. The van der Waals surface area contributed by atoms with Crippen LogP contribution in [0.2, 0.25) is 0 Å². The van der Waals surface area contributed by atoms with E-state index in [0.29, 0.717) is 0 Å². The Balaban J connectivity index is 1.86. The molecular weight excluding hydrogens is 356 g/mol. The van der Waals surface area contributed by atoms with Gasteiger partial charge in [0.15, 0.2) is 0 Å². The van der Waals surface area contributed by atoms with Crippen molar-refractivity contribution in [3.05, 3.63) is 74.2 Å². The summed E-state index contributed by atoms with van der Waals surface area (Å²) in [6.45, 7) is 2.08. The molecule has 26 heavy (non-hydrogen) atoms.